The normalized spacial score (nSPS) is 24.9. The lowest BCUT2D eigenvalue weighted by atomic mass is 9.78. The highest BCUT2D eigenvalue weighted by molar-refractivity contribution is 6.07. The maximum absolute atomic E-state index is 13.2. The summed E-state index contributed by atoms with van der Waals surface area (Å²) in [6, 6.07) is 7.43. The molecule has 0 saturated carbocycles. The van der Waals surface area contributed by atoms with E-state index in [2.05, 4.69) is 5.32 Å². The van der Waals surface area contributed by atoms with Gasteiger partial charge in [0.15, 0.2) is 6.04 Å². The number of nitrogens with zero attached hydrogens (tertiary/aromatic N) is 4. The van der Waals surface area contributed by atoms with Crippen LogP contribution in [0.3, 0.4) is 0 Å². The number of piperidine rings is 2. The summed E-state index contributed by atoms with van der Waals surface area (Å²) < 4.78 is 0. The molecule has 0 aliphatic carbocycles. The van der Waals surface area contributed by atoms with Crippen molar-refractivity contribution in [1.82, 2.24) is 24.9 Å². The predicted octanol–water partition coefficient (Wildman–Crippen LogP) is 1.10. The van der Waals surface area contributed by atoms with Gasteiger partial charge in [0.25, 0.3) is 5.91 Å². The van der Waals surface area contributed by atoms with Gasteiger partial charge in [-0.15, -0.1) is 0 Å². The number of amides is 5. The fourth-order valence-electron chi connectivity index (χ4n) is 6.37. The zero-order chi connectivity index (χ0) is 27.5. The summed E-state index contributed by atoms with van der Waals surface area (Å²) in [5.74, 6) is -2.08. The maximum Gasteiger partial charge on any atom is 0.327 e. The first-order valence-corrected chi connectivity index (χ1v) is 14.0. The van der Waals surface area contributed by atoms with E-state index in [9.17, 15) is 29.1 Å². The Hall–Kier alpha value is -3.47. The largest absolute Gasteiger partial charge is 0.480 e. The molecule has 11 nitrogen and oxygen atoms in total. The number of carboxylic acid groups (broad SMARTS) is 1. The van der Waals surface area contributed by atoms with Gasteiger partial charge in [0, 0.05) is 50.7 Å². The summed E-state index contributed by atoms with van der Waals surface area (Å²) in [5, 5.41) is 13.1. The Balaban J connectivity index is 1.10. The molecule has 0 radical (unpaired) electrons. The van der Waals surface area contributed by atoms with Crippen LogP contribution in [0.1, 0.15) is 42.5 Å². The van der Waals surface area contributed by atoms with Gasteiger partial charge in [0.2, 0.25) is 11.8 Å². The van der Waals surface area contributed by atoms with Gasteiger partial charge in [0.05, 0.1) is 5.92 Å². The molecule has 1 aromatic rings. The van der Waals surface area contributed by atoms with Gasteiger partial charge in [0.1, 0.15) is 0 Å². The Morgan fingerprint density at radius 3 is 2.05 bits per heavy atom. The minimum Gasteiger partial charge on any atom is -0.480 e. The van der Waals surface area contributed by atoms with Crippen molar-refractivity contribution in [3.8, 4) is 0 Å². The number of β-lactam (4-membered cyclic amide) rings is 1. The molecule has 1 aromatic carbocycles. The van der Waals surface area contributed by atoms with Crippen molar-refractivity contribution in [3.63, 3.8) is 0 Å². The zero-order valence-electron chi connectivity index (χ0n) is 22.2. The fraction of sp³-hybridized carbons (Fsp3) is 0.607. The number of rotatable bonds is 5. The Labute approximate surface area is 228 Å². The topological polar surface area (TPSA) is 131 Å². The average Bonchev–Trinajstić information content (AvgIpc) is 2.98. The maximum atomic E-state index is 13.2. The van der Waals surface area contributed by atoms with Crippen LogP contribution in [0.15, 0.2) is 30.3 Å². The molecule has 4 saturated heterocycles. The van der Waals surface area contributed by atoms with E-state index >= 15 is 0 Å². The number of carbonyl (C=O) groups excluding carboxylic acids is 4. The molecule has 210 valence electrons. The standard InChI is InChI=1S/C28H37N5O6/c34-24(20-4-2-1-3-5-20)30-12-8-21(9-13-30)25(35)31-14-16-32(17-15-31)28(39)33-23(27(37)38)22(26(33)36)18-19-6-10-29-11-7-19/h1-5,19,21-23,29H,6-18H2,(H,37,38)/t22-,23+/m1/s1. The molecule has 5 rings (SSSR count). The fourth-order valence-corrected chi connectivity index (χ4v) is 6.37. The smallest absolute Gasteiger partial charge is 0.327 e. The molecule has 4 heterocycles. The van der Waals surface area contributed by atoms with Crippen LogP contribution in [0.2, 0.25) is 0 Å². The van der Waals surface area contributed by atoms with E-state index in [1.54, 1.807) is 21.9 Å². The number of hydrogen-bond donors (Lipinski definition) is 2. The van der Waals surface area contributed by atoms with Crippen molar-refractivity contribution in [2.75, 3.05) is 52.4 Å². The molecule has 4 aliphatic heterocycles. The van der Waals surface area contributed by atoms with Gasteiger partial charge in [-0.25, -0.2) is 14.5 Å². The first-order valence-electron chi connectivity index (χ1n) is 14.0. The third-order valence-electron chi connectivity index (χ3n) is 8.73. The molecule has 4 fully saturated rings. The molecule has 5 amide bonds. The molecular formula is C28H37N5O6. The summed E-state index contributed by atoms with van der Waals surface area (Å²) in [4.78, 5) is 69.8. The minimum atomic E-state index is -1.15. The van der Waals surface area contributed by atoms with Gasteiger partial charge >= 0.3 is 12.0 Å². The van der Waals surface area contributed by atoms with Crippen LogP contribution in [0.25, 0.3) is 0 Å². The molecule has 4 aliphatic rings. The van der Waals surface area contributed by atoms with E-state index in [4.69, 9.17) is 0 Å². The lowest BCUT2D eigenvalue weighted by Crippen LogP contribution is -2.69. The number of urea groups is 1. The van der Waals surface area contributed by atoms with E-state index in [0.29, 0.717) is 51.0 Å². The zero-order valence-corrected chi connectivity index (χ0v) is 22.2. The van der Waals surface area contributed by atoms with Gasteiger partial charge < -0.3 is 25.1 Å². The third kappa shape index (κ3) is 5.63. The quantitative estimate of drug-likeness (QED) is 0.536. The van der Waals surface area contributed by atoms with Gasteiger partial charge in [-0.05, 0) is 63.2 Å². The highest BCUT2D eigenvalue weighted by Gasteiger charge is 2.56. The van der Waals surface area contributed by atoms with Crippen LogP contribution < -0.4 is 5.32 Å². The number of piperazine rings is 1. The number of carbonyl (C=O) groups is 5. The Kier molecular flexibility index (Phi) is 8.15. The highest BCUT2D eigenvalue weighted by atomic mass is 16.4. The number of likely N-dealkylation sites (tertiary alicyclic amines) is 2. The SMILES string of the molecule is O=C(O)[C@@H]1[C@@H](CC2CCNCC2)C(=O)N1C(=O)N1CCN(C(=O)C2CCN(C(=O)c3ccccc3)CC2)CC1. The lowest BCUT2D eigenvalue weighted by molar-refractivity contribution is -0.167. The second-order valence-corrected chi connectivity index (χ2v) is 11.1. The van der Waals surface area contributed by atoms with Crippen molar-refractivity contribution in [3.05, 3.63) is 35.9 Å². The van der Waals surface area contributed by atoms with E-state index in [-0.39, 0.29) is 36.7 Å². The number of aliphatic carboxylic acids is 1. The molecule has 0 bridgehead atoms. The summed E-state index contributed by atoms with van der Waals surface area (Å²) in [6.07, 6.45) is 3.50. The van der Waals surface area contributed by atoms with Crippen LogP contribution in [0.4, 0.5) is 4.79 Å². The predicted molar refractivity (Wildman–Crippen MR) is 141 cm³/mol. The van der Waals surface area contributed by atoms with Crippen LogP contribution in [0, 0.1) is 17.8 Å². The van der Waals surface area contributed by atoms with Crippen molar-refractivity contribution in [2.24, 2.45) is 17.8 Å². The molecule has 11 heteroatoms. The Morgan fingerprint density at radius 1 is 0.821 bits per heavy atom. The number of imide groups is 1. The first-order chi connectivity index (χ1) is 18.8. The summed E-state index contributed by atoms with van der Waals surface area (Å²) in [6.45, 7) is 3.96. The molecule has 0 unspecified atom stereocenters. The molecule has 0 spiro atoms. The van der Waals surface area contributed by atoms with Crippen molar-refractivity contribution in [2.45, 2.75) is 38.1 Å². The van der Waals surface area contributed by atoms with Crippen molar-refractivity contribution in [1.29, 1.82) is 0 Å². The average molecular weight is 540 g/mol. The van der Waals surface area contributed by atoms with Crippen LogP contribution in [0.5, 0.6) is 0 Å². The minimum absolute atomic E-state index is 0.0215. The van der Waals surface area contributed by atoms with Gasteiger partial charge in [-0.1, -0.05) is 18.2 Å². The van der Waals surface area contributed by atoms with Crippen molar-refractivity contribution >= 4 is 29.7 Å². The number of carboxylic acids is 1. The Bertz CT molecular complexity index is 1090. The molecule has 0 aromatic heterocycles. The lowest BCUT2D eigenvalue weighted by Gasteiger charge is -2.47. The van der Waals surface area contributed by atoms with Crippen LogP contribution >= 0.6 is 0 Å². The summed E-state index contributed by atoms with van der Waals surface area (Å²) in [7, 11) is 0. The summed E-state index contributed by atoms with van der Waals surface area (Å²) >= 11 is 0. The number of nitrogens with one attached hydrogen (secondary N) is 1. The third-order valence-corrected chi connectivity index (χ3v) is 8.73. The molecule has 2 atom stereocenters. The number of benzene rings is 1. The summed E-state index contributed by atoms with van der Waals surface area (Å²) in [5.41, 5.74) is 0.645. The molecule has 39 heavy (non-hydrogen) atoms. The van der Waals surface area contributed by atoms with Gasteiger partial charge in [-0.3, -0.25) is 14.4 Å². The second-order valence-electron chi connectivity index (χ2n) is 11.1. The molecule has 2 N–H and O–H groups in total. The second kappa shape index (κ2) is 11.7. The van der Waals surface area contributed by atoms with E-state index in [0.717, 1.165) is 30.8 Å². The van der Waals surface area contributed by atoms with Gasteiger partial charge in [-0.2, -0.15) is 0 Å². The van der Waals surface area contributed by atoms with E-state index in [1.807, 2.05) is 18.2 Å². The number of hydrogen-bond acceptors (Lipinski definition) is 6. The van der Waals surface area contributed by atoms with E-state index in [1.165, 1.54) is 4.90 Å². The highest BCUT2D eigenvalue weighted by Crippen LogP contribution is 2.36. The van der Waals surface area contributed by atoms with Crippen LogP contribution in [-0.4, -0.2) is 113 Å². The first kappa shape index (κ1) is 27.1. The van der Waals surface area contributed by atoms with Crippen LogP contribution in [-0.2, 0) is 14.4 Å². The van der Waals surface area contributed by atoms with Crippen molar-refractivity contribution < 1.29 is 29.1 Å². The molecular weight excluding hydrogens is 502 g/mol. The Morgan fingerprint density at radius 2 is 1.44 bits per heavy atom. The van der Waals surface area contributed by atoms with E-state index < -0.39 is 29.9 Å². The monoisotopic (exact) mass is 539 g/mol.